The quantitative estimate of drug-likeness (QED) is 0.664. The van der Waals surface area contributed by atoms with Crippen molar-refractivity contribution in [1.29, 1.82) is 0 Å². The fourth-order valence-corrected chi connectivity index (χ4v) is 5.33. The number of carboxylic acid groups (broad SMARTS) is 1. The number of anilines is 1. The second-order valence-electron chi connectivity index (χ2n) is 9.57. The van der Waals surface area contributed by atoms with Gasteiger partial charge in [0.25, 0.3) is 0 Å². The lowest BCUT2D eigenvalue weighted by Gasteiger charge is -2.38. The second-order valence-corrected chi connectivity index (χ2v) is 10.6. The topological polar surface area (TPSA) is 77.8 Å². The minimum absolute atomic E-state index is 0.0379. The third-order valence-electron chi connectivity index (χ3n) is 6.16. The van der Waals surface area contributed by atoms with E-state index in [1.54, 1.807) is 4.90 Å². The first-order chi connectivity index (χ1) is 13.6. The zero-order valence-electron chi connectivity index (χ0n) is 17.9. The maximum absolute atomic E-state index is 13.7. The van der Waals surface area contributed by atoms with Crippen LogP contribution in [0.15, 0.2) is 17.7 Å². The molecule has 160 valence electrons. The van der Waals surface area contributed by atoms with Gasteiger partial charge in [-0.05, 0) is 63.4 Å². The van der Waals surface area contributed by atoms with Gasteiger partial charge in [-0.15, -0.1) is 11.3 Å². The Labute approximate surface area is 177 Å². The van der Waals surface area contributed by atoms with Crippen LogP contribution in [0, 0.1) is 5.92 Å². The van der Waals surface area contributed by atoms with Gasteiger partial charge < -0.3 is 15.1 Å². The van der Waals surface area contributed by atoms with Crippen molar-refractivity contribution in [1.82, 2.24) is 0 Å². The third-order valence-corrected chi connectivity index (χ3v) is 7.70. The molecule has 3 rings (SSSR count). The highest BCUT2D eigenvalue weighted by Gasteiger charge is 2.37. The third kappa shape index (κ3) is 4.92. The van der Waals surface area contributed by atoms with E-state index >= 15 is 0 Å². The van der Waals surface area contributed by atoms with Crippen LogP contribution in [-0.4, -0.2) is 34.2 Å². The summed E-state index contributed by atoms with van der Waals surface area (Å²) in [5, 5.41) is 19.8. The van der Waals surface area contributed by atoms with E-state index in [9.17, 15) is 19.8 Å². The maximum Gasteiger partial charge on any atom is 0.348 e. The number of carboxylic acids is 1. The summed E-state index contributed by atoms with van der Waals surface area (Å²) in [6, 6.07) is 1.86. The molecule has 1 saturated carbocycles. The van der Waals surface area contributed by atoms with Gasteiger partial charge in [-0.3, -0.25) is 4.79 Å². The van der Waals surface area contributed by atoms with E-state index in [4.69, 9.17) is 0 Å². The van der Waals surface area contributed by atoms with Crippen LogP contribution in [0.5, 0.6) is 0 Å². The average molecular weight is 420 g/mol. The molecular weight excluding hydrogens is 386 g/mol. The second kappa shape index (κ2) is 8.60. The average Bonchev–Trinajstić information content (AvgIpc) is 3.10. The number of aliphatic hydroxyl groups excluding tert-OH is 1. The Kier molecular flexibility index (Phi) is 6.54. The lowest BCUT2D eigenvalue weighted by atomic mass is 9.86. The van der Waals surface area contributed by atoms with Crippen molar-refractivity contribution < 1.29 is 19.8 Å². The van der Waals surface area contributed by atoms with Crippen LogP contribution < -0.4 is 4.90 Å². The van der Waals surface area contributed by atoms with Gasteiger partial charge in [-0.25, -0.2) is 4.79 Å². The van der Waals surface area contributed by atoms with Crippen molar-refractivity contribution in [2.75, 3.05) is 4.90 Å². The zero-order valence-corrected chi connectivity index (χ0v) is 18.7. The molecular formula is C23H33NO4S. The number of rotatable bonds is 4. The summed E-state index contributed by atoms with van der Waals surface area (Å²) in [5.41, 5.74) is 1.68. The summed E-state index contributed by atoms with van der Waals surface area (Å²) in [5.74, 6) is -1.05. The standard InChI is InChI=1S/C23H33NO4S/c1-14-5-7-15(8-6-14)21(26)24(16-9-11-17(25)12-10-16)18-13-19(23(2,3)4)29-20(18)22(27)28/h5,13,15-17,25H,6-12H2,1-4H3,(H,27,28)/t15-,16-,17-/m0/s1. The minimum atomic E-state index is -0.978. The molecule has 1 aromatic heterocycles. The van der Waals surface area contributed by atoms with Crippen molar-refractivity contribution in [2.24, 2.45) is 5.92 Å². The van der Waals surface area contributed by atoms with Crippen LogP contribution in [0.2, 0.25) is 0 Å². The van der Waals surface area contributed by atoms with Gasteiger partial charge in [0.1, 0.15) is 4.88 Å². The number of allylic oxidation sites excluding steroid dienone is 2. The molecule has 0 radical (unpaired) electrons. The van der Waals surface area contributed by atoms with E-state index in [2.05, 4.69) is 33.8 Å². The molecule has 0 spiro atoms. The van der Waals surface area contributed by atoms with Gasteiger partial charge in [0.2, 0.25) is 5.91 Å². The number of hydrogen-bond acceptors (Lipinski definition) is 4. The predicted molar refractivity (Wildman–Crippen MR) is 117 cm³/mol. The van der Waals surface area contributed by atoms with Crippen molar-refractivity contribution >= 4 is 28.9 Å². The van der Waals surface area contributed by atoms with Crippen LogP contribution in [0.3, 0.4) is 0 Å². The minimum Gasteiger partial charge on any atom is -0.477 e. The molecule has 2 aliphatic rings. The predicted octanol–water partition coefficient (Wildman–Crippen LogP) is 5.13. The molecule has 0 aliphatic heterocycles. The monoisotopic (exact) mass is 419 g/mol. The lowest BCUT2D eigenvalue weighted by molar-refractivity contribution is -0.123. The molecule has 1 amide bonds. The summed E-state index contributed by atoms with van der Waals surface area (Å²) in [4.78, 5) is 28.7. The van der Waals surface area contributed by atoms with Gasteiger partial charge in [-0.2, -0.15) is 0 Å². The first kappa shape index (κ1) is 22.0. The van der Waals surface area contributed by atoms with Crippen LogP contribution in [0.4, 0.5) is 5.69 Å². The number of nitrogens with zero attached hydrogens (tertiary/aromatic N) is 1. The first-order valence-corrected chi connectivity index (χ1v) is 11.4. The number of carbonyl (C=O) groups is 2. The molecule has 2 aliphatic carbocycles. The summed E-state index contributed by atoms with van der Waals surface area (Å²) >= 11 is 1.28. The molecule has 5 nitrogen and oxygen atoms in total. The van der Waals surface area contributed by atoms with Crippen molar-refractivity contribution in [3.63, 3.8) is 0 Å². The molecule has 1 heterocycles. The highest BCUT2D eigenvalue weighted by Crippen LogP contribution is 2.41. The fourth-order valence-electron chi connectivity index (χ4n) is 4.28. The number of amides is 1. The van der Waals surface area contributed by atoms with Gasteiger partial charge in [0, 0.05) is 16.8 Å². The van der Waals surface area contributed by atoms with E-state index in [1.165, 1.54) is 16.9 Å². The van der Waals surface area contributed by atoms with Crippen molar-refractivity contribution in [3.8, 4) is 0 Å². The molecule has 0 bridgehead atoms. The Morgan fingerprint density at radius 1 is 1.14 bits per heavy atom. The van der Waals surface area contributed by atoms with Crippen LogP contribution in [-0.2, 0) is 10.2 Å². The smallest absolute Gasteiger partial charge is 0.348 e. The number of carbonyl (C=O) groups excluding carboxylic acids is 1. The van der Waals surface area contributed by atoms with E-state index in [0.717, 1.165) is 24.1 Å². The van der Waals surface area contributed by atoms with Crippen molar-refractivity contribution in [3.05, 3.63) is 27.5 Å². The molecule has 1 atom stereocenters. The Morgan fingerprint density at radius 3 is 2.31 bits per heavy atom. The molecule has 0 aromatic carbocycles. The van der Waals surface area contributed by atoms with Crippen LogP contribution >= 0.6 is 11.3 Å². The maximum atomic E-state index is 13.7. The number of aliphatic hydroxyl groups is 1. The Hall–Kier alpha value is -1.66. The molecule has 6 heteroatoms. The molecule has 1 fully saturated rings. The molecule has 0 saturated heterocycles. The summed E-state index contributed by atoms with van der Waals surface area (Å²) in [6.45, 7) is 8.28. The molecule has 2 N–H and O–H groups in total. The summed E-state index contributed by atoms with van der Waals surface area (Å²) in [6.07, 6.45) is 6.96. The van der Waals surface area contributed by atoms with E-state index < -0.39 is 5.97 Å². The van der Waals surface area contributed by atoms with E-state index in [-0.39, 0.29) is 34.3 Å². The van der Waals surface area contributed by atoms with E-state index in [1.807, 2.05) is 6.07 Å². The zero-order chi connectivity index (χ0) is 21.3. The van der Waals surface area contributed by atoms with Crippen molar-refractivity contribution in [2.45, 2.75) is 90.2 Å². The summed E-state index contributed by atoms with van der Waals surface area (Å²) in [7, 11) is 0. The largest absolute Gasteiger partial charge is 0.477 e. The Morgan fingerprint density at radius 2 is 1.79 bits per heavy atom. The molecule has 1 aromatic rings. The summed E-state index contributed by atoms with van der Waals surface area (Å²) < 4.78 is 0. The highest BCUT2D eigenvalue weighted by atomic mass is 32.1. The van der Waals surface area contributed by atoms with E-state index in [0.29, 0.717) is 31.4 Å². The number of hydrogen-bond donors (Lipinski definition) is 2. The Bertz CT molecular complexity index is 796. The number of aromatic carboxylic acids is 1. The van der Waals surface area contributed by atoms with Crippen LogP contribution in [0.1, 0.15) is 87.2 Å². The lowest BCUT2D eigenvalue weighted by Crippen LogP contribution is -2.46. The van der Waals surface area contributed by atoms with Crippen LogP contribution in [0.25, 0.3) is 0 Å². The van der Waals surface area contributed by atoms with Gasteiger partial charge in [-0.1, -0.05) is 32.4 Å². The molecule has 0 unspecified atom stereocenters. The first-order valence-electron chi connectivity index (χ1n) is 10.6. The van der Waals surface area contributed by atoms with Gasteiger partial charge >= 0.3 is 5.97 Å². The SMILES string of the molecule is CC1=CC[C@H](C(=O)N(c2cc(C(C)(C)C)sc2C(=O)O)[C@H]2CC[C@H](O)CC2)CC1. The normalized spacial score (nSPS) is 25.4. The van der Waals surface area contributed by atoms with Gasteiger partial charge in [0.05, 0.1) is 11.8 Å². The number of thiophene rings is 1. The Balaban J connectivity index is 2.02. The fraction of sp³-hybridized carbons (Fsp3) is 0.652. The van der Waals surface area contributed by atoms with Gasteiger partial charge in [0.15, 0.2) is 0 Å². The highest BCUT2D eigenvalue weighted by molar-refractivity contribution is 7.14. The molecule has 29 heavy (non-hydrogen) atoms.